The average molecular weight is 426 g/mol. The summed E-state index contributed by atoms with van der Waals surface area (Å²) in [6.45, 7) is 1.12. The van der Waals surface area contributed by atoms with Crippen LogP contribution in [0.1, 0.15) is 22.5 Å². The monoisotopic (exact) mass is 426 g/mol. The van der Waals surface area contributed by atoms with Crippen LogP contribution in [-0.2, 0) is 9.53 Å². The zero-order valence-corrected chi connectivity index (χ0v) is 17.2. The number of primary amides is 1. The van der Waals surface area contributed by atoms with Crippen molar-refractivity contribution in [2.24, 2.45) is 5.73 Å². The molecule has 162 valence electrons. The molecule has 1 aromatic carbocycles. The number of hydrogen-bond acceptors (Lipinski definition) is 6. The molecule has 0 spiro atoms. The highest BCUT2D eigenvalue weighted by Gasteiger charge is 2.42. The molecule has 3 rings (SSSR count). The van der Waals surface area contributed by atoms with E-state index in [1.165, 1.54) is 12.0 Å². The van der Waals surface area contributed by atoms with Crippen LogP contribution in [0.3, 0.4) is 0 Å². The minimum Gasteiger partial charge on any atom is -0.383 e. The van der Waals surface area contributed by atoms with Gasteiger partial charge in [-0.2, -0.15) is 0 Å². The first kappa shape index (κ1) is 22.2. The van der Waals surface area contributed by atoms with Crippen molar-refractivity contribution >= 4 is 17.5 Å². The Kier molecular flexibility index (Phi) is 6.53. The number of likely N-dealkylation sites (N-methyl/N-ethyl adjacent to an activating group) is 1. The Labute approximate surface area is 179 Å². The Balaban J connectivity index is 1.94. The summed E-state index contributed by atoms with van der Waals surface area (Å²) >= 11 is 0. The average Bonchev–Trinajstić information content (AvgIpc) is 3.00. The number of nitrogens with zero attached hydrogens (tertiary/aromatic N) is 2. The molecule has 31 heavy (non-hydrogen) atoms. The molecule has 1 saturated heterocycles. The number of methoxy groups -OCH3 is 1. The van der Waals surface area contributed by atoms with Crippen LogP contribution in [0, 0.1) is 17.7 Å². The van der Waals surface area contributed by atoms with Gasteiger partial charge < -0.3 is 25.8 Å². The molecule has 9 heteroatoms. The smallest absolute Gasteiger partial charge is 0.269 e. The topological polar surface area (TPSA) is 118 Å². The SMILES string of the molecule is COCCNc1cc(F)c(-c2cccc(C#CC3(O)CCN(C)C3=O)c2)nc1C(N)=O. The van der Waals surface area contributed by atoms with E-state index in [4.69, 9.17) is 10.5 Å². The molecule has 0 radical (unpaired) electrons. The van der Waals surface area contributed by atoms with Gasteiger partial charge in [0, 0.05) is 50.9 Å². The largest absolute Gasteiger partial charge is 0.383 e. The zero-order chi connectivity index (χ0) is 22.6. The van der Waals surface area contributed by atoms with Crippen LogP contribution in [0.4, 0.5) is 10.1 Å². The fourth-order valence-electron chi connectivity index (χ4n) is 3.19. The van der Waals surface area contributed by atoms with E-state index in [9.17, 15) is 19.1 Å². The van der Waals surface area contributed by atoms with Crippen molar-refractivity contribution in [2.45, 2.75) is 12.0 Å². The number of nitrogens with two attached hydrogens (primary N) is 1. The van der Waals surface area contributed by atoms with Gasteiger partial charge >= 0.3 is 0 Å². The summed E-state index contributed by atoms with van der Waals surface area (Å²) in [6, 6.07) is 7.64. The molecule has 1 atom stereocenters. The highest BCUT2D eigenvalue weighted by atomic mass is 19.1. The predicted octanol–water partition coefficient (Wildman–Crippen LogP) is 0.990. The molecule has 0 aliphatic carbocycles. The fraction of sp³-hybridized carbons (Fsp3) is 0.318. The number of aromatic nitrogens is 1. The van der Waals surface area contributed by atoms with Gasteiger partial charge in [-0.1, -0.05) is 24.0 Å². The number of hydrogen-bond donors (Lipinski definition) is 3. The number of likely N-dealkylation sites (tertiary alicyclic amines) is 1. The zero-order valence-electron chi connectivity index (χ0n) is 17.2. The van der Waals surface area contributed by atoms with E-state index in [1.807, 2.05) is 0 Å². The number of carbonyl (C=O) groups is 2. The maximum absolute atomic E-state index is 14.8. The van der Waals surface area contributed by atoms with Crippen LogP contribution in [0.15, 0.2) is 30.3 Å². The van der Waals surface area contributed by atoms with Crippen LogP contribution in [0.2, 0.25) is 0 Å². The van der Waals surface area contributed by atoms with E-state index in [1.54, 1.807) is 31.3 Å². The van der Waals surface area contributed by atoms with Gasteiger partial charge in [-0.3, -0.25) is 9.59 Å². The Morgan fingerprint density at radius 3 is 2.87 bits per heavy atom. The quantitative estimate of drug-likeness (QED) is 0.468. The Morgan fingerprint density at radius 1 is 1.45 bits per heavy atom. The number of halogens is 1. The van der Waals surface area contributed by atoms with Crippen molar-refractivity contribution in [1.82, 2.24) is 9.88 Å². The van der Waals surface area contributed by atoms with E-state index in [0.717, 1.165) is 6.07 Å². The molecule has 1 unspecified atom stereocenters. The number of carbonyl (C=O) groups excluding carboxylic acids is 2. The van der Waals surface area contributed by atoms with Crippen LogP contribution >= 0.6 is 0 Å². The van der Waals surface area contributed by atoms with Gasteiger partial charge in [0.15, 0.2) is 11.5 Å². The van der Waals surface area contributed by atoms with E-state index in [2.05, 4.69) is 22.1 Å². The summed E-state index contributed by atoms with van der Waals surface area (Å²) in [7, 11) is 3.12. The number of anilines is 1. The predicted molar refractivity (Wildman–Crippen MR) is 113 cm³/mol. The normalized spacial score (nSPS) is 17.9. The highest BCUT2D eigenvalue weighted by molar-refractivity contribution is 5.97. The summed E-state index contributed by atoms with van der Waals surface area (Å²) < 4.78 is 19.7. The maximum Gasteiger partial charge on any atom is 0.269 e. The van der Waals surface area contributed by atoms with Gasteiger partial charge in [-0.05, 0) is 12.1 Å². The van der Waals surface area contributed by atoms with Crippen molar-refractivity contribution in [3.05, 3.63) is 47.4 Å². The van der Waals surface area contributed by atoms with E-state index in [-0.39, 0.29) is 23.5 Å². The van der Waals surface area contributed by atoms with Gasteiger partial charge in [0.1, 0.15) is 5.69 Å². The van der Waals surface area contributed by atoms with Crippen molar-refractivity contribution in [1.29, 1.82) is 0 Å². The summed E-state index contributed by atoms with van der Waals surface area (Å²) in [5.74, 6) is 3.49. The van der Waals surface area contributed by atoms with Gasteiger partial charge in [-0.15, -0.1) is 0 Å². The molecule has 2 amide bonds. The fourth-order valence-corrected chi connectivity index (χ4v) is 3.19. The molecular formula is C22H23FN4O4. The van der Waals surface area contributed by atoms with Crippen LogP contribution in [0.25, 0.3) is 11.3 Å². The van der Waals surface area contributed by atoms with Crippen molar-refractivity contribution in [3.63, 3.8) is 0 Å². The Bertz CT molecular complexity index is 1080. The molecule has 1 aliphatic heterocycles. The lowest BCUT2D eigenvalue weighted by molar-refractivity contribution is -0.137. The number of amides is 2. The molecule has 1 fully saturated rings. The number of pyridine rings is 1. The summed E-state index contributed by atoms with van der Waals surface area (Å²) in [5.41, 5.74) is 4.53. The number of aliphatic hydroxyl groups is 1. The molecule has 4 N–H and O–H groups in total. The second kappa shape index (κ2) is 9.12. The lowest BCUT2D eigenvalue weighted by Gasteiger charge is -2.13. The molecule has 8 nitrogen and oxygen atoms in total. The standard InChI is InChI=1S/C22H23FN4O4/c1-27-10-8-22(30,21(27)29)7-6-14-4-3-5-15(12-14)18-16(23)13-17(25-9-11-31-2)19(26-18)20(24)28/h3-5,12-13,25,30H,8-11H2,1-2H3,(H2,24,28). The lowest BCUT2D eigenvalue weighted by Crippen LogP contribution is -2.37. The minimum atomic E-state index is -1.73. The van der Waals surface area contributed by atoms with Crippen LogP contribution in [0.5, 0.6) is 0 Å². The van der Waals surface area contributed by atoms with E-state index >= 15 is 0 Å². The first-order valence-corrected chi connectivity index (χ1v) is 9.60. The summed E-state index contributed by atoms with van der Waals surface area (Å²) in [5, 5.41) is 13.3. The molecule has 0 bridgehead atoms. The third kappa shape index (κ3) is 4.82. The van der Waals surface area contributed by atoms with Crippen molar-refractivity contribution in [3.8, 4) is 23.1 Å². The lowest BCUT2D eigenvalue weighted by atomic mass is 10.0. The second-order valence-corrected chi connectivity index (χ2v) is 7.17. The van der Waals surface area contributed by atoms with Gasteiger partial charge in [0.2, 0.25) is 5.60 Å². The van der Waals surface area contributed by atoms with Gasteiger partial charge in [-0.25, -0.2) is 9.37 Å². The highest BCUT2D eigenvalue weighted by Crippen LogP contribution is 2.26. The van der Waals surface area contributed by atoms with Crippen molar-refractivity contribution in [2.75, 3.05) is 39.2 Å². The first-order valence-electron chi connectivity index (χ1n) is 9.60. The maximum atomic E-state index is 14.8. The molecule has 1 aromatic heterocycles. The third-order valence-electron chi connectivity index (χ3n) is 4.89. The summed E-state index contributed by atoms with van der Waals surface area (Å²) in [4.78, 5) is 29.4. The Hall–Kier alpha value is -3.48. The summed E-state index contributed by atoms with van der Waals surface area (Å²) in [6.07, 6.45) is 0.213. The first-order chi connectivity index (χ1) is 14.7. The van der Waals surface area contributed by atoms with Crippen molar-refractivity contribution < 1.29 is 23.8 Å². The van der Waals surface area contributed by atoms with Crippen LogP contribution < -0.4 is 11.1 Å². The second-order valence-electron chi connectivity index (χ2n) is 7.17. The number of ether oxygens (including phenoxy) is 1. The number of benzene rings is 1. The molecule has 1 aliphatic rings. The molecule has 2 heterocycles. The molecule has 2 aromatic rings. The molecule has 0 saturated carbocycles. The van der Waals surface area contributed by atoms with E-state index < -0.39 is 23.2 Å². The van der Waals surface area contributed by atoms with Gasteiger partial charge in [0.25, 0.3) is 11.8 Å². The Morgan fingerprint density at radius 2 is 2.23 bits per heavy atom. The molecular weight excluding hydrogens is 403 g/mol. The van der Waals surface area contributed by atoms with E-state index in [0.29, 0.717) is 30.8 Å². The number of nitrogens with one attached hydrogen (secondary N) is 1. The minimum absolute atomic E-state index is 0.0647. The third-order valence-corrected chi connectivity index (χ3v) is 4.89. The van der Waals surface area contributed by atoms with Gasteiger partial charge in [0.05, 0.1) is 12.3 Å². The van der Waals surface area contributed by atoms with Crippen LogP contribution in [-0.4, -0.2) is 66.3 Å². The number of rotatable bonds is 6.